The minimum absolute atomic E-state index is 0.537. The van der Waals surface area contributed by atoms with Crippen molar-refractivity contribution in [3.8, 4) is 0 Å². The Morgan fingerprint density at radius 3 is 3.16 bits per heavy atom. The van der Waals surface area contributed by atoms with Crippen molar-refractivity contribution in [3.05, 3.63) is 35.2 Å². The van der Waals surface area contributed by atoms with Crippen LogP contribution in [0.2, 0.25) is 0 Å². The summed E-state index contributed by atoms with van der Waals surface area (Å²) in [5, 5.41) is 10.5. The smallest absolute Gasteiger partial charge is 0.113 e. The molecule has 0 saturated carbocycles. The quantitative estimate of drug-likeness (QED) is 0.881. The first kappa shape index (κ1) is 12.4. The molecule has 2 aromatic heterocycles. The van der Waals surface area contributed by atoms with Crippen molar-refractivity contribution in [2.45, 2.75) is 45.7 Å². The van der Waals surface area contributed by atoms with Gasteiger partial charge in [-0.15, -0.1) is 0 Å². The van der Waals surface area contributed by atoms with E-state index in [2.05, 4.69) is 45.1 Å². The van der Waals surface area contributed by atoms with Gasteiger partial charge in [0.25, 0.3) is 0 Å². The summed E-state index contributed by atoms with van der Waals surface area (Å²) in [6.45, 7) is 7.11. The molecule has 0 spiro atoms. The largest absolute Gasteiger partial charge is 0.334 e. The minimum atomic E-state index is 0.537. The summed E-state index contributed by atoms with van der Waals surface area (Å²) in [6, 6.07) is 0. The summed E-state index contributed by atoms with van der Waals surface area (Å²) < 4.78 is 2.31. The van der Waals surface area contributed by atoms with Crippen LogP contribution in [0.15, 0.2) is 12.4 Å². The molecule has 0 aliphatic carbocycles. The van der Waals surface area contributed by atoms with Crippen molar-refractivity contribution in [3.63, 3.8) is 0 Å². The number of aromatic nitrogens is 4. The summed E-state index contributed by atoms with van der Waals surface area (Å²) in [4.78, 5) is 4.67. The number of hydrogen-bond donors (Lipinski definition) is 2. The molecule has 1 aliphatic rings. The number of nitrogens with zero attached hydrogens (tertiary/aromatic N) is 3. The molecule has 5 nitrogen and oxygen atoms in total. The average Bonchev–Trinajstić information content (AvgIpc) is 2.95. The van der Waals surface area contributed by atoms with Crippen molar-refractivity contribution >= 4 is 0 Å². The van der Waals surface area contributed by atoms with Gasteiger partial charge in [0.15, 0.2) is 0 Å². The van der Waals surface area contributed by atoms with Crippen LogP contribution in [0.4, 0.5) is 0 Å². The van der Waals surface area contributed by atoms with Gasteiger partial charge in [-0.05, 0) is 26.7 Å². The lowest BCUT2D eigenvalue weighted by Gasteiger charge is -2.23. The number of aryl methyl sites for hydroxylation is 3. The molecular formula is C14H21N5. The van der Waals surface area contributed by atoms with E-state index in [1.54, 1.807) is 0 Å². The number of fused-ring (bicyclic) bond motifs is 1. The van der Waals surface area contributed by atoms with E-state index >= 15 is 0 Å². The highest BCUT2D eigenvalue weighted by atomic mass is 15.1. The highest BCUT2D eigenvalue weighted by Crippen LogP contribution is 2.26. The predicted octanol–water partition coefficient (Wildman–Crippen LogP) is 1.89. The molecule has 0 saturated heterocycles. The minimum Gasteiger partial charge on any atom is -0.334 e. The average molecular weight is 259 g/mol. The van der Waals surface area contributed by atoms with E-state index in [9.17, 15) is 0 Å². The first-order valence-electron chi connectivity index (χ1n) is 6.97. The molecular weight excluding hydrogens is 238 g/mol. The van der Waals surface area contributed by atoms with Gasteiger partial charge in [0.1, 0.15) is 5.82 Å². The number of H-pyrrole nitrogens is 1. The fourth-order valence-electron chi connectivity index (χ4n) is 2.84. The van der Waals surface area contributed by atoms with Gasteiger partial charge < -0.3 is 9.88 Å². The van der Waals surface area contributed by atoms with Crippen LogP contribution in [0, 0.1) is 13.8 Å². The number of hydrogen-bond acceptors (Lipinski definition) is 3. The number of aromatic amines is 1. The lowest BCUT2D eigenvalue weighted by Crippen LogP contribution is -2.26. The monoisotopic (exact) mass is 259 g/mol. The molecule has 0 amide bonds. The van der Waals surface area contributed by atoms with E-state index in [4.69, 9.17) is 0 Å². The van der Waals surface area contributed by atoms with Crippen LogP contribution in [0.5, 0.6) is 0 Å². The molecule has 1 aliphatic heterocycles. The zero-order chi connectivity index (χ0) is 13.2. The third-order valence-electron chi connectivity index (χ3n) is 3.89. The van der Waals surface area contributed by atoms with Crippen LogP contribution in [-0.4, -0.2) is 26.3 Å². The van der Waals surface area contributed by atoms with Crippen LogP contribution >= 0.6 is 0 Å². The molecule has 5 heteroatoms. The van der Waals surface area contributed by atoms with E-state index in [1.165, 1.54) is 24.2 Å². The lowest BCUT2D eigenvalue weighted by molar-refractivity contribution is 0.423. The maximum atomic E-state index is 4.67. The predicted molar refractivity (Wildman–Crippen MR) is 74.0 cm³/mol. The second kappa shape index (κ2) is 5.17. The molecule has 0 unspecified atom stereocenters. The Bertz CT molecular complexity index is 554. The van der Waals surface area contributed by atoms with E-state index in [-0.39, 0.29) is 0 Å². The molecule has 3 heterocycles. The van der Waals surface area contributed by atoms with E-state index in [0.29, 0.717) is 5.92 Å². The number of nitrogens with one attached hydrogen (secondary N) is 2. The van der Waals surface area contributed by atoms with Crippen LogP contribution in [0.1, 0.15) is 41.5 Å². The normalized spacial score (nSPS) is 18.5. The van der Waals surface area contributed by atoms with Gasteiger partial charge in [-0.1, -0.05) is 0 Å². The molecule has 2 N–H and O–H groups in total. The molecule has 19 heavy (non-hydrogen) atoms. The summed E-state index contributed by atoms with van der Waals surface area (Å²) >= 11 is 0. The standard InChI is InChI=1S/C14H21N5/c1-10-9-19-5-3-4-12(14(19)17-10)6-15-7-13-8-16-18-11(13)2/h8-9,12,15H,3-7H2,1-2H3,(H,16,18)/t12-/m1/s1. The molecule has 1 atom stereocenters. The molecule has 102 valence electrons. The Morgan fingerprint density at radius 2 is 2.37 bits per heavy atom. The number of imidazole rings is 1. The topological polar surface area (TPSA) is 58.5 Å². The first-order valence-corrected chi connectivity index (χ1v) is 6.97. The molecule has 3 rings (SSSR count). The van der Waals surface area contributed by atoms with Crippen molar-refractivity contribution in [2.24, 2.45) is 0 Å². The highest BCUT2D eigenvalue weighted by Gasteiger charge is 2.21. The second-order valence-corrected chi connectivity index (χ2v) is 5.42. The highest BCUT2D eigenvalue weighted by molar-refractivity contribution is 5.14. The van der Waals surface area contributed by atoms with Crippen molar-refractivity contribution in [1.82, 2.24) is 25.1 Å². The lowest BCUT2D eigenvalue weighted by atomic mass is 9.99. The summed E-state index contributed by atoms with van der Waals surface area (Å²) in [6.07, 6.45) is 6.55. The Balaban J connectivity index is 1.60. The van der Waals surface area contributed by atoms with Crippen molar-refractivity contribution in [2.75, 3.05) is 6.54 Å². The van der Waals surface area contributed by atoms with Crippen molar-refractivity contribution in [1.29, 1.82) is 0 Å². The molecule has 2 aromatic rings. The van der Waals surface area contributed by atoms with Crippen LogP contribution < -0.4 is 5.32 Å². The Morgan fingerprint density at radius 1 is 1.47 bits per heavy atom. The van der Waals surface area contributed by atoms with Gasteiger partial charge in [0.05, 0.1) is 11.9 Å². The molecule has 0 radical (unpaired) electrons. The van der Waals surface area contributed by atoms with Gasteiger partial charge in [-0.3, -0.25) is 5.10 Å². The number of rotatable bonds is 4. The van der Waals surface area contributed by atoms with E-state index < -0.39 is 0 Å². The van der Waals surface area contributed by atoms with Gasteiger partial charge in [0, 0.05) is 43.0 Å². The maximum Gasteiger partial charge on any atom is 0.113 e. The summed E-state index contributed by atoms with van der Waals surface area (Å²) in [5.41, 5.74) is 3.52. The summed E-state index contributed by atoms with van der Waals surface area (Å²) in [5.74, 6) is 1.79. The van der Waals surface area contributed by atoms with Gasteiger partial charge in [-0.2, -0.15) is 5.10 Å². The molecule has 0 fully saturated rings. The van der Waals surface area contributed by atoms with Crippen LogP contribution in [0.25, 0.3) is 0 Å². The van der Waals surface area contributed by atoms with Crippen LogP contribution in [-0.2, 0) is 13.1 Å². The fraction of sp³-hybridized carbons (Fsp3) is 0.571. The molecule has 0 bridgehead atoms. The Labute approximate surface area is 113 Å². The first-order chi connectivity index (χ1) is 9.24. The van der Waals surface area contributed by atoms with Gasteiger partial charge >= 0.3 is 0 Å². The van der Waals surface area contributed by atoms with Gasteiger partial charge in [0.2, 0.25) is 0 Å². The zero-order valence-corrected chi connectivity index (χ0v) is 11.6. The zero-order valence-electron chi connectivity index (χ0n) is 11.6. The summed E-state index contributed by atoms with van der Waals surface area (Å²) in [7, 11) is 0. The Kier molecular flexibility index (Phi) is 3.38. The van der Waals surface area contributed by atoms with Crippen LogP contribution in [0.3, 0.4) is 0 Å². The van der Waals surface area contributed by atoms with Crippen molar-refractivity contribution < 1.29 is 0 Å². The maximum absolute atomic E-state index is 4.67. The van der Waals surface area contributed by atoms with Gasteiger partial charge in [-0.25, -0.2) is 4.98 Å². The molecule has 0 aromatic carbocycles. The van der Waals surface area contributed by atoms with E-state index in [1.807, 2.05) is 6.20 Å². The third-order valence-corrected chi connectivity index (χ3v) is 3.89. The third kappa shape index (κ3) is 2.56. The SMILES string of the molecule is Cc1cn2c(n1)[C@@H](CNCc1cn[nH]c1C)CCC2. The fourth-order valence-corrected chi connectivity index (χ4v) is 2.84. The van der Waals surface area contributed by atoms with E-state index in [0.717, 1.165) is 31.0 Å². The Hall–Kier alpha value is -1.62. The second-order valence-electron chi connectivity index (χ2n) is 5.42.